The van der Waals surface area contributed by atoms with Crippen LogP contribution in [0.1, 0.15) is 23.7 Å². The molecule has 2 unspecified atom stereocenters. The van der Waals surface area contributed by atoms with E-state index in [0.29, 0.717) is 29.8 Å². The highest BCUT2D eigenvalue weighted by Crippen LogP contribution is 2.39. The van der Waals surface area contributed by atoms with Crippen molar-refractivity contribution >= 4 is 55.4 Å². The van der Waals surface area contributed by atoms with Gasteiger partial charge in [-0.25, -0.2) is 4.39 Å². The number of aromatic nitrogens is 3. The minimum Gasteiger partial charge on any atom is -0.352 e. The number of piperidine rings is 1. The monoisotopic (exact) mass is 449 g/mol. The van der Waals surface area contributed by atoms with E-state index in [1.165, 1.54) is 11.3 Å². The Morgan fingerprint density at radius 1 is 1.12 bits per heavy atom. The minimum atomic E-state index is -1.08. The number of rotatable bonds is 3. The molecule has 0 spiro atoms. The number of aromatic amines is 1. The van der Waals surface area contributed by atoms with Crippen molar-refractivity contribution in [3.05, 3.63) is 53.2 Å². The van der Waals surface area contributed by atoms with Crippen molar-refractivity contribution in [1.29, 1.82) is 0 Å². The summed E-state index contributed by atoms with van der Waals surface area (Å²) in [7, 11) is 1.91. The molecule has 9 heteroatoms. The van der Waals surface area contributed by atoms with Crippen molar-refractivity contribution in [1.82, 2.24) is 25.0 Å². The molecule has 162 valence electrons. The highest BCUT2D eigenvalue weighted by molar-refractivity contribution is 7.16. The van der Waals surface area contributed by atoms with Crippen LogP contribution in [0.5, 0.6) is 0 Å². The van der Waals surface area contributed by atoms with Crippen LogP contribution in [0.25, 0.3) is 32.3 Å². The molecule has 0 radical (unpaired) electrons. The summed E-state index contributed by atoms with van der Waals surface area (Å²) in [5, 5.41) is 10.7. The number of halogens is 1. The fourth-order valence-corrected chi connectivity index (χ4v) is 5.61. The molecule has 2 atom stereocenters. The number of amides is 2. The van der Waals surface area contributed by atoms with Gasteiger partial charge >= 0.3 is 0 Å². The highest BCUT2D eigenvalue weighted by atomic mass is 32.1. The van der Waals surface area contributed by atoms with Gasteiger partial charge in [0.25, 0.3) is 11.8 Å². The lowest BCUT2D eigenvalue weighted by Crippen LogP contribution is -2.40. The van der Waals surface area contributed by atoms with Gasteiger partial charge in [-0.1, -0.05) is 18.2 Å². The van der Waals surface area contributed by atoms with E-state index in [-0.39, 0.29) is 5.57 Å². The second kappa shape index (κ2) is 7.11. The van der Waals surface area contributed by atoms with Crippen LogP contribution >= 0.6 is 11.3 Å². The van der Waals surface area contributed by atoms with E-state index in [4.69, 9.17) is 5.10 Å². The van der Waals surface area contributed by atoms with E-state index >= 15 is 4.39 Å². The van der Waals surface area contributed by atoms with Crippen LogP contribution < -0.4 is 5.32 Å². The molecule has 0 bridgehead atoms. The second-order valence-electron chi connectivity index (χ2n) is 8.34. The maximum absolute atomic E-state index is 15.0. The number of nitrogens with one attached hydrogen (secondary N) is 2. The van der Waals surface area contributed by atoms with Crippen molar-refractivity contribution in [2.24, 2.45) is 0 Å². The Kier molecular flexibility index (Phi) is 4.31. The zero-order valence-electron chi connectivity index (χ0n) is 17.3. The molecule has 5 heterocycles. The Morgan fingerprint density at radius 3 is 2.78 bits per heavy atom. The average molecular weight is 450 g/mol. The molecule has 4 aromatic rings. The molecule has 1 aromatic carbocycles. The topological polar surface area (TPSA) is 83.0 Å². The molecule has 2 aliphatic rings. The van der Waals surface area contributed by atoms with Gasteiger partial charge in [0, 0.05) is 35.6 Å². The highest BCUT2D eigenvalue weighted by Gasteiger charge is 2.37. The maximum Gasteiger partial charge on any atom is 0.261 e. The molecule has 6 rings (SSSR count). The van der Waals surface area contributed by atoms with Crippen LogP contribution in [0.4, 0.5) is 4.39 Å². The zero-order chi connectivity index (χ0) is 22.0. The molecule has 0 aliphatic carbocycles. The third kappa shape index (κ3) is 2.78. The summed E-state index contributed by atoms with van der Waals surface area (Å²) in [5.74, 6) is -0.927. The maximum atomic E-state index is 15.0. The molecule has 2 N–H and O–H groups in total. The van der Waals surface area contributed by atoms with Crippen molar-refractivity contribution in [3.8, 4) is 0 Å². The van der Waals surface area contributed by atoms with Crippen molar-refractivity contribution in [2.45, 2.75) is 18.6 Å². The van der Waals surface area contributed by atoms with Gasteiger partial charge in [-0.2, -0.15) is 5.10 Å². The first-order valence-electron chi connectivity index (χ1n) is 10.5. The number of likely N-dealkylation sites (tertiary alicyclic amines) is 1. The van der Waals surface area contributed by atoms with E-state index in [9.17, 15) is 9.59 Å². The Bertz CT molecular complexity index is 1430. The second-order valence-corrected chi connectivity index (χ2v) is 9.26. The predicted octanol–water partition coefficient (Wildman–Crippen LogP) is 3.36. The van der Waals surface area contributed by atoms with Gasteiger partial charge in [0.1, 0.15) is 16.7 Å². The smallest absolute Gasteiger partial charge is 0.261 e. The summed E-state index contributed by atoms with van der Waals surface area (Å²) >= 11 is 1.53. The molecule has 2 amide bonds. The van der Waals surface area contributed by atoms with E-state index in [2.05, 4.69) is 10.3 Å². The summed E-state index contributed by atoms with van der Waals surface area (Å²) in [6.07, 6.45) is 1.29. The first kappa shape index (κ1) is 19.4. The summed E-state index contributed by atoms with van der Waals surface area (Å²) in [4.78, 5) is 31.9. The molecule has 3 aromatic heterocycles. The van der Waals surface area contributed by atoms with Gasteiger partial charge in [-0.3, -0.25) is 19.6 Å². The Balaban J connectivity index is 1.59. The molecule has 7 nitrogen and oxygen atoms in total. The lowest BCUT2D eigenvalue weighted by molar-refractivity contribution is -0.122. The first-order chi connectivity index (χ1) is 15.5. The van der Waals surface area contributed by atoms with E-state index in [1.807, 2.05) is 47.7 Å². The largest absolute Gasteiger partial charge is 0.352 e. The number of H-pyrrole nitrogens is 1. The zero-order valence-corrected chi connectivity index (χ0v) is 18.1. The standard InChI is InChI=1S/C23H20FN5O2S/c1-28-8-6-17(15(24)11-28)29-16-5-3-2-4-13(16)20(27-29)19-18(21(30)26-22(19)31)14-10-25-23-12(14)7-9-32-23/h2-5,7,9-10,15,17,25H,6,8,11H2,1H3,(H,26,30,31). The lowest BCUT2D eigenvalue weighted by atomic mass is 9.98. The number of thiophene rings is 1. The minimum absolute atomic E-state index is 0.236. The molecule has 32 heavy (non-hydrogen) atoms. The molecule has 1 fully saturated rings. The summed E-state index contributed by atoms with van der Waals surface area (Å²) in [6.45, 7) is 1.10. The number of benzene rings is 1. The van der Waals surface area contributed by atoms with E-state index in [1.54, 1.807) is 10.9 Å². The fraction of sp³-hybridized carbons (Fsp3) is 0.261. The number of nitrogens with zero attached hydrogens (tertiary/aromatic N) is 3. The van der Waals surface area contributed by atoms with Crippen LogP contribution in [0.15, 0.2) is 41.9 Å². The van der Waals surface area contributed by atoms with Gasteiger partial charge in [-0.05, 0) is 31.0 Å². The molecule has 0 saturated carbocycles. The Hall–Kier alpha value is -3.30. The van der Waals surface area contributed by atoms with Crippen LogP contribution in [0.2, 0.25) is 0 Å². The third-order valence-corrected chi connectivity index (χ3v) is 7.22. The summed E-state index contributed by atoms with van der Waals surface area (Å²) < 4.78 is 16.7. The quantitative estimate of drug-likeness (QED) is 0.470. The predicted molar refractivity (Wildman–Crippen MR) is 122 cm³/mol. The molecule has 2 aliphatic heterocycles. The number of para-hydroxylation sites is 1. The number of imide groups is 1. The number of carbonyl (C=O) groups excluding carboxylic acids is 2. The van der Waals surface area contributed by atoms with Gasteiger partial charge in [0.05, 0.1) is 22.7 Å². The van der Waals surface area contributed by atoms with Crippen molar-refractivity contribution in [2.75, 3.05) is 20.1 Å². The number of alkyl halides is 1. The van der Waals surface area contributed by atoms with Crippen LogP contribution in [0, 0.1) is 0 Å². The van der Waals surface area contributed by atoms with Gasteiger partial charge in [0.2, 0.25) is 0 Å². The van der Waals surface area contributed by atoms with Gasteiger partial charge in [0.15, 0.2) is 0 Å². The summed E-state index contributed by atoms with van der Waals surface area (Å²) in [6, 6.07) is 9.00. The molecular formula is C23H20FN5O2S. The molecule has 1 saturated heterocycles. The summed E-state index contributed by atoms with van der Waals surface area (Å²) in [5.41, 5.74) is 2.37. The Morgan fingerprint density at radius 2 is 1.94 bits per heavy atom. The van der Waals surface area contributed by atoms with Crippen molar-refractivity contribution in [3.63, 3.8) is 0 Å². The number of fused-ring (bicyclic) bond motifs is 2. The number of hydrogen-bond acceptors (Lipinski definition) is 5. The average Bonchev–Trinajstić information content (AvgIpc) is 3.51. The third-order valence-electron chi connectivity index (χ3n) is 6.38. The molecular weight excluding hydrogens is 429 g/mol. The fourth-order valence-electron chi connectivity index (χ4n) is 4.84. The number of hydrogen-bond donors (Lipinski definition) is 2. The normalized spacial score (nSPS) is 22.4. The lowest BCUT2D eigenvalue weighted by Gasteiger charge is -2.32. The Labute approximate surface area is 186 Å². The van der Waals surface area contributed by atoms with Crippen LogP contribution in [-0.4, -0.2) is 57.8 Å². The van der Waals surface area contributed by atoms with E-state index < -0.39 is 24.0 Å². The number of carbonyl (C=O) groups is 2. The van der Waals surface area contributed by atoms with Gasteiger partial charge < -0.3 is 9.88 Å². The van der Waals surface area contributed by atoms with Gasteiger partial charge in [-0.15, -0.1) is 11.3 Å². The first-order valence-corrected chi connectivity index (χ1v) is 11.4. The van der Waals surface area contributed by atoms with E-state index in [0.717, 1.165) is 27.7 Å². The van der Waals surface area contributed by atoms with Crippen LogP contribution in [-0.2, 0) is 9.59 Å². The van der Waals surface area contributed by atoms with Crippen molar-refractivity contribution < 1.29 is 14.0 Å². The SMILES string of the molecule is CN1CCC(n2nc(C3=C(c4c[nH]c5sccc45)C(=O)NC3=O)c3ccccc32)C(F)C1. The van der Waals surface area contributed by atoms with Crippen LogP contribution in [0.3, 0.4) is 0 Å².